The number of nitrogens with zero attached hydrogens (tertiary/aromatic N) is 2. The van der Waals surface area contributed by atoms with E-state index in [2.05, 4.69) is 56.8 Å². The van der Waals surface area contributed by atoms with Gasteiger partial charge >= 0.3 is 0 Å². The number of rotatable bonds is 6. The fourth-order valence-electron chi connectivity index (χ4n) is 3.26. The van der Waals surface area contributed by atoms with Crippen LogP contribution in [0.25, 0.3) is 0 Å². The molecule has 1 N–H and O–H groups in total. The van der Waals surface area contributed by atoms with Crippen molar-refractivity contribution in [3.05, 3.63) is 0 Å². The van der Waals surface area contributed by atoms with E-state index in [1.807, 2.05) is 0 Å². The SMILES string of the molecule is CCC(C)C(C(=O)NCCN1CCN(C)CC1)C(C)(C)C.[HH]. The smallest absolute Gasteiger partial charge is 0.223 e. The van der Waals surface area contributed by atoms with Crippen LogP contribution in [0.3, 0.4) is 0 Å². The van der Waals surface area contributed by atoms with Crippen LogP contribution < -0.4 is 5.32 Å². The Morgan fingerprint density at radius 1 is 1.24 bits per heavy atom. The molecule has 0 saturated carbocycles. The Morgan fingerprint density at radius 2 is 1.81 bits per heavy atom. The van der Waals surface area contributed by atoms with E-state index in [-0.39, 0.29) is 18.7 Å². The lowest BCUT2D eigenvalue weighted by Gasteiger charge is -2.35. The minimum atomic E-state index is 0. The fourth-order valence-corrected chi connectivity index (χ4v) is 3.26. The number of amides is 1. The number of carbonyl (C=O) groups is 1. The molecule has 2 atom stereocenters. The van der Waals surface area contributed by atoms with Crippen molar-refractivity contribution >= 4 is 5.91 Å². The highest BCUT2D eigenvalue weighted by molar-refractivity contribution is 5.79. The van der Waals surface area contributed by atoms with Crippen molar-refractivity contribution in [2.45, 2.75) is 41.0 Å². The van der Waals surface area contributed by atoms with Crippen LogP contribution in [0.1, 0.15) is 42.5 Å². The molecule has 0 aromatic carbocycles. The molecule has 4 nitrogen and oxygen atoms in total. The summed E-state index contributed by atoms with van der Waals surface area (Å²) in [6.45, 7) is 17.1. The van der Waals surface area contributed by atoms with Crippen molar-refractivity contribution < 1.29 is 6.22 Å². The maximum atomic E-state index is 12.5. The van der Waals surface area contributed by atoms with Gasteiger partial charge in [-0.3, -0.25) is 9.69 Å². The van der Waals surface area contributed by atoms with Gasteiger partial charge in [-0.2, -0.15) is 0 Å². The second-order valence-corrected chi connectivity index (χ2v) is 7.67. The molecule has 21 heavy (non-hydrogen) atoms. The highest BCUT2D eigenvalue weighted by Crippen LogP contribution is 2.33. The predicted molar refractivity (Wildman–Crippen MR) is 91.5 cm³/mol. The van der Waals surface area contributed by atoms with Crippen molar-refractivity contribution in [3.63, 3.8) is 0 Å². The standard InChI is InChI=1S/C17H35N3O.H2/c1-7-14(2)15(17(3,4)5)16(21)18-8-9-20-12-10-19(6)11-13-20;/h14-15H,7-13H2,1-6H3,(H,18,21);1H. The van der Waals surface area contributed by atoms with Crippen LogP contribution in [0, 0.1) is 17.3 Å². The summed E-state index contributed by atoms with van der Waals surface area (Å²) >= 11 is 0. The Hall–Kier alpha value is -0.610. The van der Waals surface area contributed by atoms with E-state index in [1.165, 1.54) is 0 Å². The first-order valence-electron chi connectivity index (χ1n) is 8.44. The third-order valence-corrected chi connectivity index (χ3v) is 4.75. The molecule has 1 heterocycles. The van der Waals surface area contributed by atoms with Gasteiger partial charge in [0.25, 0.3) is 0 Å². The summed E-state index contributed by atoms with van der Waals surface area (Å²) in [6, 6.07) is 0. The molecule has 1 saturated heterocycles. The average molecular weight is 300 g/mol. The number of carbonyl (C=O) groups excluding carboxylic acids is 1. The van der Waals surface area contributed by atoms with E-state index >= 15 is 0 Å². The summed E-state index contributed by atoms with van der Waals surface area (Å²) in [4.78, 5) is 17.3. The van der Waals surface area contributed by atoms with Gasteiger partial charge in [0.15, 0.2) is 0 Å². The van der Waals surface area contributed by atoms with Crippen LogP contribution in [0.2, 0.25) is 0 Å². The number of nitrogens with one attached hydrogen (secondary N) is 1. The molecule has 2 unspecified atom stereocenters. The molecule has 1 aliphatic rings. The summed E-state index contributed by atoms with van der Waals surface area (Å²) in [7, 11) is 2.17. The van der Waals surface area contributed by atoms with E-state index in [0.717, 1.165) is 45.7 Å². The molecular formula is C17H37N3O. The minimum Gasteiger partial charge on any atom is -0.355 e. The molecular weight excluding hydrogens is 262 g/mol. The van der Waals surface area contributed by atoms with Crippen LogP contribution in [0.5, 0.6) is 0 Å². The Bertz CT molecular complexity index is 322. The van der Waals surface area contributed by atoms with Gasteiger partial charge in [-0.15, -0.1) is 0 Å². The van der Waals surface area contributed by atoms with Crippen molar-refractivity contribution in [2.24, 2.45) is 17.3 Å². The molecule has 1 amide bonds. The van der Waals surface area contributed by atoms with Crippen LogP contribution in [-0.4, -0.2) is 62.0 Å². The number of hydrogen-bond acceptors (Lipinski definition) is 3. The van der Waals surface area contributed by atoms with E-state index in [4.69, 9.17) is 0 Å². The first-order chi connectivity index (χ1) is 9.75. The van der Waals surface area contributed by atoms with Gasteiger partial charge in [0, 0.05) is 46.6 Å². The third kappa shape index (κ3) is 5.95. The molecule has 0 radical (unpaired) electrons. The second-order valence-electron chi connectivity index (χ2n) is 7.67. The van der Waals surface area contributed by atoms with E-state index in [0.29, 0.717) is 5.92 Å². The molecule has 0 aliphatic carbocycles. The van der Waals surface area contributed by atoms with Crippen molar-refractivity contribution in [1.29, 1.82) is 0 Å². The van der Waals surface area contributed by atoms with Gasteiger partial charge in [-0.1, -0.05) is 41.0 Å². The lowest BCUT2D eigenvalue weighted by molar-refractivity contribution is -0.130. The molecule has 126 valence electrons. The lowest BCUT2D eigenvalue weighted by atomic mass is 9.72. The summed E-state index contributed by atoms with van der Waals surface area (Å²) < 4.78 is 0. The first-order valence-corrected chi connectivity index (χ1v) is 8.44. The molecule has 4 heteroatoms. The van der Waals surface area contributed by atoms with Crippen LogP contribution in [-0.2, 0) is 4.79 Å². The number of piperazine rings is 1. The average Bonchev–Trinajstić information content (AvgIpc) is 2.39. The zero-order chi connectivity index (χ0) is 16.0. The zero-order valence-electron chi connectivity index (χ0n) is 14.9. The first kappa shape index (κ1) is 18.4. The normalized spacial score (nSPS) is 21.0. The predicted octanol–water partition coefficient (Wildman–Crippen LogP) is 2.30. The van der Waals surface area contributed by atoms with Gasteiger partial charge in [0.2, 0.25) is 5.91 Å². The summed E-state index contributed by atoms with van der Waals surface area (Å²) in [5.74, 6) is 0.745. The second kappa shape index (κ2) is 8.14. The zero-order valence-corrected chi connectivity index (χ0v) is 14.9. The fraction of sp³-hybridized carbons (Fsp3) is 0.941. The monoisotopic (exact) mass is 299 g/mol. The topological polar surface area (TPSA) is 35.6 Å². The van der Waals surface area contributed by atoms with Crippen LogP contribution >= 0.6 is 0 Å². The largest absolute Gasteiger partial charge is 0.355 e. The van der Waals surface area contributed by atoms with Gasteiger partial charge in [0.1, 0.15) is 0 Å². The van der Waals surface area contributed by atoms with E-state index in [9.17, 15) is 4.79 Å². The van der Waals surface area contributed by atoms with E-state index in [1.54, 1.807) is 0 Å². The van der Waals surface area contributed by atoms with E-state index < -0.39 is 0 Å². The van der Waals surface area contributed by atoms with Crippen LogP contribution in [0.4, 0.5) is 0 Å². The highest BCUT2D eigenvalue weighted by atomic mass is 16.1. The maximum Gasteiger partial charge on any atom is 0.223 e. The molecule has 0 spiro atoms. The Labute approximate surface area is 132 Å². The Kier molecular flexibility index (Phi) is 7.14. The molecule has 0 aromatic heterocycles. The van der Waals surface area contributed by atoms with Crippen molar-refractivity contribution in [2.75, 3.05) is 46.3 Å². The van der Waals surface area contributed by atoms with Crippen molar-refractivity contribution in [1.82, 2.24) is 15.1 Å². The Morgan fingerprint density at radius 3 is 2.29 bits per heavy atom. The molecule has 0 bridgehead atoms. The molecule has 1 fully saturated rings. The number of hydrogen-bond donors (Lipinski definition) is 1. The van der Waals surface area contributed by atoms with Crippen molar-refractivity contribution in [3.8, 4) is 0 Å². The minimum absolute atomic E-state index is 0. The van der Waals surface area contributed by atoms with Gasteiger partial charge < -0.3 is 10.2 Å². The lowest BCUT2D eigenvalue weighted by Crippen LogP contribution is -2.48. The van der Waals surface area contributed by atoms with Gasteiger partial charge in [0.05, 0.1) is 0 Å². The Balaban J connectivity index is 0.00000441. The van der Waals surface area contributed by atoms with Gasteiger partial charge in [-0.25, -0.2) is 0 Å². The summed E-state index contributed by atoms with van der Waals surface area (Å²) in [5, 5.41) is 3.17. The third-order valence-electron chi connectivity index (χ3n) is 4.75. The quantitative estimate of drug-likeness (QED) is 0.817. The molecule has 0 aromatic rings. The summed E-state index contributed by atoms with van der Waals surface area (Å²) in [5.41, 5.74) is 0.0212. The summed E-state index contributed by atoms with van der Waals surface area (Å²) in [6.07, 6.45) is 1.05. The number of likely N-dealkylation sites (N-methyl/N-ethyl adjacent to an activating group) is 1. The molecule has 1 aliphatic heterocycles. The highest BCUT2D eigenvalue weighted by Gasteiger charge is 2.34. The van der Waals surface area contributed by atoms with Crippen LogP contribution in [0.15, 0.2) is 0 Å². The molecule has 1 rings (SSSR count). The maximum absolute atomic E-state index is 12.5. The van der Waals surface area contributed by atoms with Gasteiger partial charge in [-0.05, 0) is 18.4 Å².